The summed E-state index contributed by atoms with van der Waals surface area (Å²) in [5.74, 6) is 1.92. The normalized spacial score (nSPS) is 10.5. The number of nitrogens with one attached hydrogen (secondary N) is 2. The Bertz CT molecular complexity index is 401. The third-order valence-corrected chi connectivity index (χ3v) is 1.78. The predicted octanol–water partition coefficient (Wildman–Crippen LogP) is 0.339. The van der Waals surface area contributed by atoms with E-state index in [9.17, 15) is 0 Å². The third-order valence-electron chi connectivity index (χ3n) is 1.78. The van der Waals surface area contributed by atoms with Crippen molar-refractivity contribution in [2.45, 2.75) is 13.3 Å². The molecular weight excluding hydrogens is 168 g/mol. The molecule has 0 aliphatic carbocycles. The first-order valence-corrected chi connectivity index (χ1v) is 4.01. The van der Waals surface area contributed by atoms with Crippen LogP contribution >= 0.6 is 0 Å². The molecule has 6 nitrogen and oxygen atoms in total. The van der Waals surface area contributed by atoms with Gasteiger partial charge in [0.1, 0.15) is 11.6 Å². The Kier molecular flexibility index (Phi) is 1.73. The van der Waals surface area contributed by atoms with Gasteiger partial charge < -0.3 is 5.73 Å². The average molecular weight is 178 g/mol. The molecule has 0 unspecified atom stereocenters. The van der Waals surface area contributed by atoms with Crippen LogP contribution in [0.3, 0.4) is 0 Å². The fraction of sp³-hybridized carbons (Fsp3) is 0.286. The van der Waals surface area contributed by atoms with Crippen LogP contribution in [0, 0.1) is 0 Å². The molecule has 0 saturated carbocycles. The van der Waals surface area contributed by atoms with E-state index in [1.807, 2.05) is 6.92 Å². The molecule has 0 radical (unpaired) electrons. The summed E-state index contributed by atoms with van der Waals surface area (Å²) in [6.45, 7) is 2.00. The number of nitrogens with two attached hydrogens (primary N) is 1. The molecule has 2 heterocycles. The first-order valence-electron chi connectivity index (χ1n) is 4.01. The minimum Gasteiger partial charge on any atom is -0.383 e. The lowest BCUT2D eigenvalue weighted by Crippen LogP contribution is -1.88. The molecule has 0 spiro atoms. The number of rotatable bonds is 2. The lowest BCUT2D eigenvalue weighted by atomic mass is 10.3. The first kappa shape index (κ1) is 7.78. The van der Waals surface area contributed by atoms with E-state index in [1.54, 1.807) is 6.20 Å². The van der Waals surface area contributed by atoms with Crippen LogP contribution in [-0.2, 0) is 6.42 Å². The fourth-order valence-electron chi connectivity index (χ4n) is 1.05. The van der Waals surface area contributed by atoms with Crippen molar-refractivity contribution in [2.75, 3.05) is 5.73 Å². The topological polar surface area (TPSA) is 96.3 Å². The summed E-state index contributed by atoms with van der Waals surface area (Å²) in [5, 5.41) is 13.2. The van der Waals surface area contributed by atoms with Gasteiger partial charge in [0.25, 0.3) is 0 Å². The number of hydrogen-bond donors (Lipinski definition) is 3. The van der Waals surface area contributed by atoms with Gasteiger partial charge in [-0.2, -0.15) is 10.2 Å². The smallest absolute Gasteiger partial charge is 0.186 e. The van der Waals surface area contributed by atoms with Crippen LogP contribution in [0.15, 0.2) is 6.20 Å². The van der Waals surface area contributed by atoms with Gasteiger partial charge in [-0.05, 0) is 0 Å². The van der Waals surface area contributed by atoms with Crippen molar-refractivity contribution in [1.29, 1.82) is 0 Å². The standard InChI is InChI=1S/C7H10N6/c1-2-5-10-7(13-11-5)4-3-9-12-6(4)8/h3H,2H2,1H3,(H3,8,9,12)(H,10,11,13). The molecule has 0 atom stereocenters. The molecule has 0 aliphatic rings. The van der Waals surface area contributed by atoms with Crippen molar-refractivity contribution >= 4 is 5.82 Å². The minimum atomic E-state index is 0.488. The number of anilines is 1. The van der Waals surface area contributed by atoms with Crippen molar-refractivity contribution in [1.82, 2.24) is 25.4 Å². The molecule has 0 aliphatic heterocycles. The van der Waals surface area contributed by atoms with Gasteiger partial charge in [-0.25, -0.2) is 4.98 Å². The van der Waals surface area contributed by atoms with Gasteiger partial charge >= 0.3 is 0 Å². The van der Waals surface area contributed by atoms with Crippen LogP contribution in [-0.4, -0.2) is 25.4 Å². The molecule has 4 N–H and O–H groups in total. The quantitative estimate of drug-likeness (QED) is 0.617. The maximum absolute atomic E-state index is 5.61. The van der Waals surface area contributed by atoms with E-state index in [4.69, 9.17) is 5.73 Å². The molecule has 68 valence electrons. The van der Waals surface area contributed by atoms with Crippen molar-refractivity contribution in [2.24, 2.45) is 0 Å². The van der Waals surface area contributed by atoms with Gasteiger partial charge in [-0.1, -0.05) is 6.92 Å². The van der Waals surface area contributed by atoms with Crippen molar-refractivity contribution in [3.05, 3.63) is 12.0 Å². The molecule has 0 bridgehead atoms. The molecule has 13 heavy (non-hydrogen) atoms. The molecule has 2 rings (SSSR count). The Balaban J connectivity index is 2.41. The summed E-state index contributed by atoms with van der Waals surface area (Å²) in [5.41, 5.74) is 6.34. The zero-order valence-electron chi connectivity index (χ0n) is 7.20. The summed E-state index contributed by atoms with van der Waals surface area (Å²) >= 11 is 0. The number of nitrogens with zero attached hydrogens (tertiary/aromatic N) is 3. The van der Waals surface area contributed by atoms with E-state index in [0.717, 1.165) is 17.8 Å². The molecule has 2 aromatic rings. The number of aryl methyl sites for hydroxylation is 1. The minimum absolute atomic E-state index is 0.488. The van der Waals surface area contributed by atoms with Gasteiger partial charge in [0.15, 0.2) is 5.82 Å². The highest BCUT2D eigenvalue weighted by Crippen LogP contribution is 2.18. The Hall–Kier alpha value is -1.85. The molecule has 6 heteroatoms. The van der Waals surface area contributed by atoms with Gasteiger partial charge in [0.2, 0.25) is 0 Å². The van der Waals surface area contributed by atoms with Crippen molar-refractivity contribution < 1.29 is 0 Å². The predicted molar refractivity (Wildman–Crippen MR) is 47.8 cm³/mol. The van der Waals surface area contributed by atoms with E-state index in [2.05, 4.69) is 25.4 Å². The fourth-order valence-corrected chi connectivity index (χ4v) is 1.05. The van der Waals surface area contributed by atoms with Crippen molar-refractivity contribution in [3.8, 4) is 11.4 Å². The summed E-state index contributed by atoms with van der Waals surface area (Å²) in [6.07, 6.45) is 2.43. The zero-order valence-corrected chi connectivity index (χ0v) is 7.20. The van der Waals surface area contributed by atoms with Crippen LogP contribution in [0.4, 0.5) is 5.82 Å². The van der Waals surface area contributed by atoms with Gasteiger partial charge in [0.05, 0.1) is 11.8 Å². The molecule has 0 aromatic carbocycles. The second kappa shape index (κ2) is 2.89. The molecule has 2 aromatic heterocycles. The number of aromatic nitrogens is 5. The van der Waals surface area contributed by atoms with Crippen LogP contribution in [0.5, 0.6) is 0 Å². The Morgan fingerprint density at radius 1 is 1.46 bits per heavy atom. The van der Waals surface area contributed by atoms with Crippen LogP contribution < -0.4 is 5.73 Å². The second-order valence-electron chi connectivity index (χ2n) is 2.66. The second-order valence-corrected chi connectivity index (χ2v) is 2.66. The molecule has 0 amide bonds. The number of hydrogen-bond acceptors (Lipinski definition) is 4. The van der Waals surface area contributed by atoms with Crippen LogP contribution in [0.2, 0.25) is 0 Å². The number of aromatic amines is 2. The van der Waals surface area contributed by atoms with E-state index in [0.29, 0.717) is 11.6 Å². The van der Waals surface area contributed by atoms with Gasteiger partial charge in [-0.15, -0.1) is 0 Å². The van der Waals surface area contributed by atoms with E-state index >= 15 is 0 Å². The number of H-pyrrole nitrogens is 2. The maximum Gasteiger partial charge on any atom is 0.186 e. The Morgan fingerprint density at radius 2 is 2.31 bits per heavy atom. The highest BCUT2D eigenvalue weighted by Gasteiger charge is 2.09. The maximum atomic E-state index is 5.61. The molecule has 0 fully saturated rings. The summed E-state index contributed by atoms with van der Waals surface area (Å²) in [4.78, 5) is 4.23. The zero-order chi connectivity index (χ0) is 9.26. The SMILES string of the molecule is CCc1nc(-c2cn[nH]c2N)n[nH]1. The third kappa shape index (κ3) is 1.26. The number of nitrogen functional groups attached to an aromatic ring is 1. The lowest BCUT2D eigenvalue weighted by Gasteiger charge is -1.88. The monoisotopic (exact) mass is 178 g/mol. The lowest BCUT2D eigenvalue weighted by molar-refractivity contribution is 0.946. The highest BCUT2D eigenvalue weighted by molar-refractivity contribution is 5.66. The van der Waals surface area contributed by atoms with Crippen LogP contribution in [0.1, 0.15) is 12.7 Å². The Labute approximate surface area is 74.6 Å². The summed E-state index contributed by atoms with van der Waals surface area (Å²) in [7, 11) is 0. The Morgan fingerprint density at radius 3 is 2.85 bits per heavy atom. The average Bonchev–Trinajstić information content (AvgIpc) is 2.71. The highest BCUT2D eigenvalue weighted by atomic mass is 15.2. The van der Waals surface area contributed by atoms with E-state index in [1.165, 1.54) is 0 Å². The van der Waals surface area contributed by atoms with E-state index in [-0.39, 0.29) is 0 Å². The molecule has 0 saturated heterocycles. The van der Waals surface area contributed by atoms with E-state index < -0.39 is 0 Å². The first-order chi connectivity index (χ1) is 6.31. The van der Waals surface area contributed by atoms with Gasteiger partial charge in [-0.3, -0.25) is 10.2 Å². The van der Waals surface area contributed by atoms with Crippen molar-refractivity contribution in [3.63, 3.8) is 0 Å². The van der Waals surface area contributed by atoms with Crippen LogP contribution in [0.25, 0.3) is 11.4 Å². The largest absolute Gasteiger partial charge is 0.383 e. The summed E-state index contributed by atoms with van der Waals surface area (Å²) < 4.78 is 0. The molecular formula is C7H10N6. The van der Waals surface area contributed by atoms with Gasteiger partial charge in [0, 0.05) is 6.42 Å². The summed E-state index contributed by atoms with van der Waals surface area (Å²) in [6, 6.07) is 0.